The van der Waals surface area contributed by atoms with Crippen LogP contribution < -0.4 is 10.6 Å². The third-order valence-corrected chi connectivity index (χ3v) is 4.42. The molecule has 5 nitrogen and oxygen atoms in total. The van der Waals surface area contributed by atoms with Crippen LogP contribution in [0.1, 0.15) is 36.0 Å². The number of aliphatic hydroxyl groups is 1. The summed E-state index contributed by atoms with van der Waals surface area (Å²) in [7, 11) is 0. The maximum absolute atomic E-state index is 12.4. The van der Waals surface area contributed by atoms with Gasteiger partial charge in [0.25, 0.3) is 5.91 Å². The summed E-state index contributed by atoms with van der Waals surface area (Å²) < 4.78 is 0. The van der Waals surface area contributed by atoms with E-state index in [4.69, 9.17) is 5.11 Å². The summed E-state index contributed by atoms with van der Waals surface area (Å²) in [6.07, 6.45) is 5.85. The van der Waals surface area contributed by atoms with Crippen molar-refractivity contribution in [1.82, 2.24) is 4.98 Å². The summed E-state index contributed by atoms with van der Waals surface area (Å²) in [5.74, 6) is -0.138. The van der Waals surface area contributed by atoms with Crippen LogP contribution in [-0.4, -0.2) is 29.1 Å². The number of aromatic nitrogens is 1. The molecule has 3 rings (SSSR count). The minimum atomic E-state index is -0.138. The topological polar surface area (TPSA) is 74.2 Å². The number of anilines is 2. The molecule has 0 bridgehead atoms. The first-order chi connectivity index (χ1) is 13.3. The molecule has 0 atom stereocenters. The Bertz CT molecular complexity index is 878. The van der Waals surface area contributed by atoms with E-state index in [1.807, 2.05) is 54.6 Å². The summed E-state index contributed by atoms with van der Waals surface area (Å²) in [6, 6.07) is 17.1. The number of pyridine rings is 1. The lowest BCUT2D eigenvalue weighted by molar-refractivity contribution is 0.102. The zero-order valence-corrected chi connectivity index (χ0v) is 15.3. The summed E-state index contributed by atoms with van der Waals surface area (Å²) in [4.78, 5) is 16.8. The molecule has 0 aliphatic heterocycles. The van der Waals surface area contributed by atoms with E-state index in [1.165, 1.54) is 0 Å². The van der Waals surface area contributed by atoms with Gasteiger partial charge in [0.2, 0.25) is 0 Å². The van der Waals surface area contributed by atoms with E-state index in [1.54, 1.807) is 6.20 Å². The number of hydrogen-bond acceptors (Lipinski definition) is 4. The van der Waals surface area contributed by atoms with Crippen molar-refractivity contribution in [1.29, 1.82) is 0 Å². The minimum Gasteiger partial charge on any atom is -0.396 e. The maximum Gasteiger partial charge on any atom is 0.255 e. The molecule has 3 N–H and O–H groups in total. The van der Waals surface area contributed by atoms with Gasteiger partial charge in [-0.1, -0.05) is 25.0 Å². The first-order valence-corrected chi connectivity index (χ1v) is 9.37. The smallest absolute Gasteiger partial charge is 0.255 e. The molecule has 0 saturated heterocycles. The molecule has 1 amide bonds. The highest BCUT2D eigenvalue weighted by Gasteiger charge is 2.07. The van der Waals surface area contributed by atoms with E-state index in [0.717, 1.165) is 54.5 Å². The lowest BCUT2D eigenvalue weighted by Crippen LogP contribution is -2.12. The second kappa shape index (κ2) is 9.69. The minimum absolute atomic E-state index is 0.138. The third-order valence-electron chi connectivity index (χ3n) is 4.42. The summed E-state index contributed by atoms with van der Waals surface area (Å²) in [5.41, 5.74) is 3.21. The largest absolute Gasteiger partial charge is 0.396 e. The van der Waals surface area contributed by atoms with Gasteiger partial charge in [0.1, 0.15) is 0 Å². The van der Waals surface area contributed by atoms with Crippen LogP contribution in [0, 0.1) is 0 Å². The molecular formula is C22H25N3O2. The van der Waals surface area contributed by atoms with Crippen molar-refractivity contribution in [2.75, 3.05) is 23.8 Å². The SMILES string of the molecule is O=C(Nc1ccc2cccnc2c1)c1ccc(NCCCCCCO)cc1. The molecule has 1 aromatic heterocycles. The Morgan fingerprint density at radius 1 is 0.926 bits per heavy atom. The molecule has 0 saturated carbocycles. The number of benzene rings is 2. The van der Waals surface area contributed by atoms with Crippen LogP contribution >= 0.6 is 0 Å². The first-order valence-electron chi connectivity index (χ1n) is 9.37. The molecule has 0 spiro atoms. The molecule has 0 unspecified atom stereocenters. The zero-order chi connectivity index (χ0) is 18.9. The number of aliphatic hydroxyl groups excluding tert-OH is 1. The Morgan fingerprint density at radius 3 is 2.52 bits per heavy atom. The summed E-state index contributed by atoms with van der Waals surface area (Å²) >= 11 is 0. The Balaban J connectivity index is 1.52. The normalized spacial score (nSPS) is 10.7. The number of rotatable bonds is 9. The molecule has 1 heterocycles. The van der Waals surface area contributed by atoms with E-state index >= 15 is 0 Å². The number of nitrogens with zero attached hydrogens (tertiary/aromatic N) is 1. The highest BCUT2D eigenvalue weighted by atomic mass is 16.2. The van der Waals surface area contributed by atoms with Crippen LogP contribution in [0.2, 0.25) is 0 Å². The van der Waals surface area contributed by atoms with E-state index in [2.05, 4.69) is 15.6 Å². The molecule has 0 fully saturated rings. The number of amides is 1. The van der Waals surface area contributed by atoms with Gasteiger partial charge < -0.3 is 15.7 Å². The number of nitrogens with one attached hydrogen (secondary N) is 2. The van der Waals surface area contributed by atoms with Gasteiger partial charge in [-0.2, -0.15) is 0 Å². The molecule has 0 aliphatic carbocycles. The maximum atomic E-state index is 12.4. The fourth-order valence-corrected chi connectivity index (χ4v) is 2.91. The summed E-state index contributed by atoms with van der Waals surface area (Å²) in [5, 5.41) is 16.1. The van der Waals surface area contributed by atoms with E-state index < -0.39 is 0 Å². The van der Waals surface area contributed by atoms with Crippen molar-refractivity contribution in [2.45, 2.75) is 25.7 Å². The van der Waals surface area contributed by atoms with Gasteiger partial charge >= 0.3 is 0 Å². The Morgan fingerprint density at radius 2 is 1.70 bits per heavy atom. The number of fused-ring (bicyclic) bond motifs is 1. The zero-order valence-electron chi connectivity index (χ0n) is 15.3. The second-order valence-corrected chi connectivity index (χ2v) is 6.51. The third kappa shape index (κ3) is 5.53. The van der Waals surface area contributed by atoms with Gasteiger partial charge in [0.05, 0.1) is 5.52 Å². The predicted molar refractivity (Wildman–Crippen MR) is 110 cm³/mol. The van der Waals surface area contributed by atoms with Crippen molar-refractivity contribution >= 4 is 28.2 Å². The van der Waals surface area contributed by atoms with Crippen LogP contribution in [-0.2, 0) is 0 Å². The molecule has 0 aliphatic rings. The van der Waals surface area contributed by atoms with Crippen molar-refractivity contribution < 1.29 is 9.90 Å². The van der Waals surface area contributed by atoms with Gasteiger partial charge in [-0.3, -0.25) is 9.78 Å². The lowest BCUT2D eigenvalue weighted by Gasteiger charge is -2.09. The molecule has 140 valence electrons. The van der Waals surface area contributed by atoms with Crippen LogP contribution in [0.4, 0.5) is 11.4 Å². The fraction of sp³-hybridized carbons (Fsp3) is 0.273. The number of carbonyl (C=O) groups is 1. The molecule has 5 heteroatoms. The number of hydrogen-bond donors (Lipinski definition) is 3. The van der Waals surface area contributed by atoms with Gasteiger partial charge in [-0.05, 0) is 55.3 Å². The highest BCUT2D eigenvalue weighted by molar-refractivity contribution is 6.05. The Kier molecular flexibility index (Phi) is 6.77. The molecule has 3 aromatic rings. The van der Waals surface area contributed by atoms with Crippen molar-refractivity contribution in [2.24, 2.45) is 0 Å². The standard InChI is InChI=1S/C22H25N3O2/c26-15-4-2-1-3-13-23-19-10-8-18(9-11-19)22(27)25-20-12-7-17-6-5-14-24-21(17)16-20/h5-12,14,16,23,26H,1-4,13,15H2,(H,25,27). The van der Waals surface area contributed by atoms with Gasteiger partial charge in [0.15, 0.2) is 0 Å². The molecule has 2 aromatic carbocycles. The lowest BCUT2D eigenvalue weighted by atomic mass is 10.1. The van der Waals surface area contributed by atoms with Gasteiger partial charge in [-0.25, -0.2) is 0 Å². The average Bonchev–Trinajstić information content (AvgIpc) is 2.71. The monoisotopic (exact) mass is 363 g/mol. The van der Waals surface area contributed by atoms with Gasteiger partial charge in [-0.15, -0.1) is 0 Å². The predicted octanol–water partition coefficient (Wildman–Crippen LogP) is 4.45. The molecule has 27 heavy (non-hydrogen) atoms. The van der Waals surface area contributed by atoms with E-state index in [-0.39, 0.29) is 12.5 Å². The van der Waals surface area contributed by atoms with Gasteiger partial charge in [0, 0.05) is 41.7 Å². The van der Waals surface area contributed by atoms with Crippen LogP contribution in [0.3, 0.4) is 0 Å². The Hall–Kier alpha value is -2.92. The highest BCUT2D eigenvalue weighted by Crippen LogP contribution is 2.18. The first kappa shape index (κ1) is 18.9. The Labute approximate surface area is 159 Å². The van der Waals surface area contributed by atoms with Crippen molar-refractivity contribution in [3.8, 4) is 0 Å². The van der Waals surface area contributed by atoms with E-state index in [0.29, 0.717) is 5.56 Å². The van der Waals surface area contributed by atoms with Crippen molar-refractivity contribution in [3.63, 3.8) is 0 Å². The number of carbonyl (C=O) groups excluding carboxylic acids is 1. The second-order valence-electron chi connectivity index (χ2n) is 6.51. The molecule has 0 radical (unpaired) electrons. The van der Waals surface area contributed by atoms with Crippen LogP contribution in [0.5, 0.6) is 0 Å². The van der Waals surface area contributed by atoms with Crippen LogP contribution in [0.15, 0.2) is 60.8 Å². The van der Waals surface area contributed by atoms with E-state index in [9.17, 15) is 4.79 Å². The van der Waals surface area contributed by atoms with Crippen LogP contribution in [0.25, 0.3) is 10.9 Å². The summed E-state index contributed by atoms with van der Waals surface area (Å²) in [6.45, 7) is 1.16. The van der Waals surface area contributed by atoms with Crippen molar-refractivity contribution in [3.05, 3.63) is 66.4 Å². The fourth-order valence-electron chi connectivity index (χ4n) is 2.91. The number of unbranched alkanes of at least 4 members (excludes halogenated alkanes) is 3. The molecular weight excluding hydrogens is 338 g/mol. The average molecular weight is 363 g/mol. The quantitative estimate of drug-likeness (QED) is 0.491.